The molecule has 0 aliphatic carbocycles. The molecular weight excluding hydrogens is 70.9 g/mol. The Morgan fingerprint density at radius 1 is 1.00 bits per heavy atom. The summed E-state index contributed by atoms with van der Waals surface area (Å²) in [6.07, 6.45) is 4.08. The Morgan fingerprint density at radius 2 is 1.33 bits per heavy atom. The molecule has 0 fully saturated rings. The van der Waals surface area contributed by atoms with Gasteiger partial charge in [0.25, 0.3) is 0 Å². The molecule has 0 nitrogen and oxygen atoms in total. The third kappa shape index (κ3) is 8.96. The third-order valence-electron chi connectivity index (χ3n) is 0.707. The van der Waals surface area contributed by atoms with Crippen molar-refractivity contribution in [1.82, 2.24) is 0 Å². The van der Waals surface area contributed by atoms with Gasteiger partial charge in [-0.1, -0.05) is 33.1 Å². The van der Waals surface area contributed by atoms with Crippen LogP contribution in [0.2, 0.25) is 0 Å². The van der Waals surface area contributed by atoms with Crippen molar-refractivity contribution in [3.05, 3.63) is 0 Å². The highest BCUT2D eigenvalue weighted by Gasteiger charge is 1.68. The second-order valence-electron chi connectivity index (χ2n) is 1.35. The van der Waals surface area contributed by atoms with E-state index < -0.39 is 0 Å². The number of rotatable bonds is 2. The first-order valence-electron chi connectivity index (χ1n) is 2.41. The van der Waals surface area contributed by atoms with E-state index in [1.54, 1.807) is 0 Å². The zero-order valence-corrected chi connectivity index (χ0v) is 4.70. The Labute approximate surface area is 42.5 Å². The lowest BCUT2D eigenvalue weighted by atomic mass is 10.3. The van der Waals surface area contributed by atoms with Gasteiger partial charge in [-0.2, -0.15) is 0 Å². The molecule has 1 heteroatoms. The molecule has 0 aromatic rings. The lowest BCUT2D eigenvalue weighted by Gasteiger charge is -1.79. The van der Waals surface area contributed by atoms with Crippen LogP contribution in [0.4, 0.5) is 0 Å². The summed E-state index contributed by atoms with van der Waals surface area (Å²) in [5, 5.41) is 0. The van der Waals surface area contributed by atoms with Crippen LogP contribution in [0.5, 0.6) is 0 Å². The quantitative estimate of drug-likeness (QED) is 0.446. The van der Waals surface area contributed by atoms with Crippen molar-refractivity contribution in [2.24, 2.45) is 0 Å². The van der Waals surface area contributed by atoms with Gasteiger partial charge in [-0.3, -0.25) is 0 Å². The van der Waals surface area contributed by atoms with E-state index in [1.165, 1.54) is 19.3 Å². The second-order valence-corrected chi connectivity index (χ2v) is 1.35. The number of hydrogen-bond donors (Lipinski definition) is 0. The number of hydrogen-bond acceptors (Lipinski definition) is 0. The van der Waals surface area contributed by atoms with Gasteiger partial charge in [0, 0.05) is 8.41 Å². The molecule has 0 aromatic carbocycles. The first-order valence-corrected chi connectivity index (χ1v) is 2.41. The van der Waals surface area contributed by atoms with E-state index >= 15 is 0 Å². The minimum atomic E-state index is 0. The highest BCUT2D eigenvalue weighted by Crippen LogP contribution is 1.88. The third-order valence-corrected chi connectivity index (χ3v) is 0.707. The molecule has 0 aliphatic heterocycles. The van der Waals surface area contributed by atoms with Gasteiger partial charge in [0.2, 0.25) is 0 Å². The Hall–Kier alpha value is 0.0649. The summed E-state index contributed by atoms with van der Waals surface area (Å²) < 4.78 is 0. The first-order chi connectivity index (χ1) is 2.41. The standard InChI is InChI=1S/C5H12.B/c1-3-5-4-2;/h3-5H2,1-2H3;. The van der Waals surface area contributed by atoms with Crippen LogP contribution in [0.1, 0.15) is 33.1 Å². The van der Waals surface area contributed by atoms with Crippen LogP contribution in [0, 0.1) is 0 Å². The van der Waals surface area contributed by atoms with Crippen LogP contribution in [-0.4, -0.2) is 8.41 Å². The van der Waals surface area contributed by atoms with E-state index in [-0.39, 0.29) is 8.41 Å². The molecule has 0 unspecified atom stereocenters. The van der Waals surface area contributed by atoms with E-state index in [4.69, 9.17) is 0 Å². The van der Waals surface area contributed by atoms with Gasteiger partial charge in [-0.25, -0.2) is 0 Å². The summed E-state index contributed by atoms with van der Waals surface area (Å²) in [6.45, 7) is 4.42. The minimum Gasteiger partial charge on any atom is -0.0654 e. The molecule has 0 heterocycles. The smallest absolute Gasteiger partial charge is 0 e. The molecule has 0 atom stereocenters. The second kappa shape index (κ2) is 8.91. The minimum absolute atomic E-state index is 0. The lowest BCUT2D eigenvalue weighted by molar-refractivity contribution is 0.772. The van der Waals surface area contributed by atoms with Crippen molar-refractivity contribution in [3.8, 4) is 0 Å². The fraction of sp³-hybridized carbons (Fsp3) is 1.00. The summed E-state index contributed by atoms with van der Waals surface area (Å²) in [7, 11) is 0. The molecular formula is C5H12B. The van der Waals surface area contributed by atoms with Gasteiger partial charge >= 0.3 is 0 Å². The summed E-state index contributed by atoms with van der Waals surface area (Å²) >= 11 is 0. The van der Waals surface area contributed by atoms with E-state index in [2.05, 4.69) is 13.8 Å². The van der Waals surface area contributed by atoms with Crippen molar-refractivity contribution in [2.75, 3.05) is 0 Å². The molecule has 35 valence electrons. The molecule has 0 saturated heterocycles. The van der Waals surface area contributed by atoms with E-state index in [9.17, 15) is 0 Å². The molecule has 0 aromatic heterocycles. The maximum absolute atomic E-state index is 2.21. The first kappa shape index (κ1) is 9.42. The van der Waals surface area contributed by atoms with E-state index in [0.717, 1.165) is 0 Å². The molecule has 0 rings (SSSR count). The molecule has 0 amide bonds. The maximum Gasteiger partial charge on any atom is 0 e. The van der Waals surface area contributed by atoms with Crippen molar-refractivity contribution < 1.29 is 0 Å². The topological polar surface area (TPSA) is 0 Å². The molecule has 3 radical (unpaired) electrons. The Morgan fingerprint density at radius 3 is 1.33 bits per heavy atom. The van der Waals surface area contributed by atoms with Crippen molar-refractivity contribution in [2.45, 2.75) is 33.1 Å². The van der Waals surface area contributed by atoms with Crippen LogP contribution in [0.3, 0.4) is 0 Å². The van der Waals surface area contributed by atoms with Gasteiger partial charge in [-0.15, -0.1) is 0 Å². The van der Waals surface area contributed by atoms with Crippen molar-refractivity contribution in [1.29, 1.82) is 0 Å². The maximum atomic E-state index is 2.21. The summed E-state index contributed by atoms with van der Waals surface area (Å²) in [4.78, 5) is 0. The molecule has 0 bridgehead atoms. The predicted octanol–water partition coefficient (Wildman–Crippen LogP) is 1.82. The van der Waals surface area contributed by atoms with E-state index in [1.807, 2.05) is 0 Å². The van der Waals surface area contributed by atoms with Crippen molar-refractivity contribution >= 4 is 8.41 Å². The Bertz CT molecular complexity index is 11.4. The highest BCUT2D eigenvalue weighted by atomic mass is 13.7. The Balaban J connectivity index is 0. The summed E-state index contributed by atoms with van der Waals surface area (Å²) in [5.41, 5.74) is 0. The zero-order chi connectivity index (χ0) is 4.12. The number of unbranched alkanes of at least 4 members (excludes halogenated alkanes) is 2. The fourth-order valence-corrected chi connectivity index (χ4v) is 0.354. The van der Waals surface area contributed by atoms with E-state index in [0.29, 0.717) is 0 Å². The van der Waals surface area contributed by atoms with Gasteiger partial charge < -0.3 is 0 Å². The predicted molar refractivity (Wildman–Crippen MR) is 31.0 cm³/mol. The molecule has 0 N–H and O–H groups in total. The monoisotopic (exact) mass is 83.1 g/mol. The highest BCUT2D eigenvalue weighted by molar-refractivity contribution is 5.75. The normalized spacial score (nSPS) is 7.00. The largest absolute Gasteiger partial charge is 0.0654 e. The van der Waals surface area contributed by atoms with Crippen LogP contribution < -0.4 is 0 Å². The van der Waals surface area contributed by atoms with Gasteiger partial charge in [-0.05, 0) is 0 Å². The van der Waals surface area contributed by atoms with Crippen LogP contribution in [-0.2, 0) is 0 Å². The molecule has 0 spiro atoms. The Kier molecular flexibility index (Phi) is 14.0. The van der Waals surface area contributed by atoms with Crippen LogP contribution in [0.25, 0.3) is 0 Å². The molecule has 0 saturated carbocycles. The van der Waals surface area contributed by atoms with Crippen molar-refractivity contribution in [3.63, 3.8) is 0 Å². The molecule has 0 aliphatic rings. The summed E-state index contributed by atoms with van der Waals surface area (Å²) in [5.74, 6) is 0. The lowest BCUT2D eigenvalue weighted by Crippen LogP contribution is -1.59. The summed E-state index contributed by atoms with van der Waals surface area (Å²) in [6, 6.07) is 0. The van der Waals surface area contributed by atoms with Crippen LogP contribution >= 0.6 is 0 Å². The van der Waals surface area contributed by atoms with Gasteiger partial charge in [0.1, 0.15) is 0 Å². The fourth-order valence-electron chi connectivity index (χ4n) is 0.354. The average Bonchev–Trinajstić information content (AvgIpc) is 1.41. The SMILES string of the molecule is CCCCC.[B]. The zero-order valence-electron chi connectivity index (χ0n) is 4.70. The average molecular weight is 83.0 g/mol. The van der Waals surface area contributed by atoms with Gasteiger partial charge in [0.05, 0.1) is 0 Å². The molecule has 6 heavy (non-hydrogen) atoms. The van der Waals surface area contributed by atoms with Crippen LogP contribution in [0.15, 0.2) is 0 Å². The van der Waals surface area contributed by atoms with Gasteiger partial charge in [0.15, 0.2) is 0 Å².